The second kappa shape index (κ2) is 9.89. The van der Waals surface area contributed by atoms with Gasteiger partial charge in [0.1, 0.15) is 6.54 Å². The number of sulfonamides is 1. The molecule has 7 nitrogen and oxygen atoms in total. The van der Waals surface area contributed by atoms with Crippen molar-refractivity contribution in [3.05, 3.63) is 58.6 Å². The van der Waals surface area contributed by atoms with E-state index in [1.54, 1.807) is 23.1 Å². The number of likely N-dealkylation sites (tertiary alicyclic amines) is 1. The van der Waals surface area contributed by atoms with Crippen LogP contribution >= 0.6 is 23.2 Å². The van der Waals surface area contributed by atoms with Crippen molar-refractivity contribution in [1.82, 2.24) is 4.90 Å². The zero-order chi connectivity index (χ0) is 22.6. The van der Waals surface area contributed by atoms with Gasteiger partial charge in [0.15, 0.2) is 0 Å². The van der Waals surface area contributed by atoms with Crippen molar-refractivity contribution >= 4 is 50.8 Å². The summed E-state index contributed by atoms with van der Waals surface area (Å²) >= 11 is 12.3. The quantitative estimate of drug-likeness (QED) is 0.584. The first-order valence-corrected chi connectivity index (χ1v) is 11.8. The number of nitrogens with zero attached hydrogens (tertiary/aromatic N) is 2. The van der Waals surface area contributed by atoms with E-state index in [0.29, 0.717) is 31.0 Å². The van der Waals surface area contributed by atoms with Crippen molar-refractivity contribution in [3.8, 4) is 0 Å². The Morgan fingerprint density at radius 1 is 1.10 bits per heavy atom. The minimum atomic E-state index is -4.07. The van der Waals surface area contributed by atoms with Crippen molar-refractivity contribution in [2.45, 2.75) is 17.7 Å². The Kier molecular flexibility index (Phi) is 7.46. The van der Waals surface area contributed by atoms with Crippen LogP contribution in [0.15, 0.2) is 53.4 Å². The van der Waals surface area contributed by atoms with E-state index in [2.05, 4.69) is 0 Å². The molecule has 1 saturated heterocycles. The third-order valence-corrected chi connectivity index (χ3v) is 7.48. The second-order valence-electron chi connectivity index (χ2n) is 7.10. The SMILES string of the molecule is COC(=O)C1CCN(C(=O)CN(c2ccc(Cl)cc2Cl)S(=O)(=O)c2ccccc2)CC1. The Balaban J connectivity index is 1.87. The van der Waals surface area contributed by atoms with Crippen molar-refractivity contribution in [3.63, 3.8) is 0 Å². The number of methoxy groups -OCH3 is 1. The molecule has 0 N–H and O–H groups in total. The molecule has 1 fully saturated rings. The van der Waals surface area contributed by atoms with E-state index < -0.39 is 16.6 Å². The summed E-state index contributed by atoms with van der Waals surface area (Å²) in [6.07, 6.45) is 0.928. The van der Waals surface area contributed by atoms with Crippen LogP contribution in [0.2, 0.25) is 10.0 Å². The summed E-state index contributed by atoms with van der Waals surface area (Å²) in [4.78, 5) is 26.3. The molecule has 0 spiro atoms. The van der Waals surface area contributed by atoms with Gasteiger partial charge in [0, 0.05) is 18.1 Å². The number of anilines is 1. The average molecular weight is 485 g/mol. The molecular weight excluding hydrogens is 463 g/mol. The van der Waals surface area contributed by atoms with Crippen LogP contribution in [0.25, 0.3) is 0 Å². The van der Waals surface area contributed by atoms with Crippen molar-refractivity contribution in [1.29, 1.82) is 0 Å². The van der Waals surface area contributed by atoms with Gasteiger partial charge < -0.3 is 9.64 Å². The third-order valence-electron chi connectivity index (χ3n) is 5.17. The first-order chi connectivity index (χ1) is 14.7. The number of rotatable bonds is 6. The van der Waals surface area contributed by atoms with Gasteiger partial charge in [0.05, 0.1) is 28.6 Å². The van der Waals surface area contributed by atoms with Crippen LogP contribution in [-0.4, -0.2) is 51.9 Å². The van der Waals surface area contributed by atoms with E-state index in [1.807, 2.05) is 0 Å². The molecule has 1 heterocycles. The highest BCUT2D eigenvalue weighted by Crippen LogP contribution is 2.33. The van der Waals surface area contributed by atoms with Gasteiger partial charge in [-0.15, -0.1) is 0 Å². The van der Waals surface area contributed by atoms with Crippen molar-refractivity contribution in [2.75, 3.05) is 31.0 Å². The fourth-order valence-corrected chi connectivity index (χ4v) is 5.47. The Morgan fingerprint density at radius 3 is 2.32 bits per heavy atom. The highest BCUT2D eigenvalue weighted by atomic mass is 35.5. The number of piperidine rings is 1. The molecule has 0 unspecified atom stereocenters. The van der Waals surface area contributed by atoms with Crippen LogP contribution in [-0.2, 0) is 24.3 Å². The van der Waals surface area contributed by atoms with E-state index >= 15 is 0 Å². The second-order valence-corrected chi connectivity index (χ2v) is 9.80. The van der Waals surface area contributed by atoms with E-state index in [0.717, 1.165) is 4.31 Å². The molecule has 2 aromatic rings. The van der Waals surface area contributed by atoms with Gasteiger partial charge in [-0.05, 0) is 43.2 Å². The molecule has 10 heteroatoms. The van der Waals surface area contributed by atoms with Crippen LogP contribution < -0.4 is 4.31 Å². The summed E-state index contributed by atoms with van der Waals surface area (Å²) in [5.41, 5.74) is 0.160. The fourth-order valence-electron chi connectivity index (χ4n) is 3.46. The van der Waals surface area contributed by atoms with E-state index in [-0.39, 0.29) is 33.4 Å². The molecule has 0 aromatic heterocycles. The lowest BCUT2D eigenvalue weighted by atomic mass is 9.97. The predicted molar refractivity (Wildman–Crippen MR) is 119 cm³/mol. The Bertz CT molecular complexity index is 1050. The molecule has 166 valence electrons. The van der Waals surface area contributed by atoms with Gasteiger partial charge >= 0.3 is 5.97 Å². The molecule has 0 atom stereocenters. The zero-order valence-electron chi connectivity index (χ0n) is 16.8. The number of benzene rings is 2. The number of halogens is 2. The molecule has 3 rings (SSSR count). The Morgan fingerprint density at radius 2 is 1.74 bits per heavy atom. The van der Waals surface area contributed by atoms with Crippen LogP contribution in [0.4, 0.5) is 5.69 Å². The first-order valence-electron chi connectivity index (χ1n) is 9.62. The minimum Gasteiger partial charge on any atom is -0.469 e. The highest BCUT2D eigenvalue weighted by Gasteiger charge is 2.33. The number of carbonyl (C=O) groups excluding carboxylic acids is 2. The Hall–Kier alpha value is -2.29. The largest absolute Gasteiger partial charge is 0.469 e. The molecule has 0 saturated carbocycles. The number of esters is 1. The van der Waals surface area contributed by atoms with Gasteiger partial charge in [-0.3, -0.25) is 13.9 Å². The topological polar surface area (TPSA) is 84.0 Å². The molecule has 0 aliphatic carbocycles. The van der Waals surface area contributed by atoms with E-state index in [1.165, 1.54) is 37.4 Å². The normalized spacial score (nSPS) is 14.9. The van der Waals surface area contributed by atoms with Gasteiger partial charge in [-0.2, -0.15) is 0 Å². The summed E-state index contributed by atoms with van der Waals surface area (Å²) in [5, 5.41) is 0.464. The van der Waals surface area contributed by atoms with Crippen molar-refractivity contribution < 1.29 is 22.7 Å². The molecule has 1 aliphatic heterocycles. The maximum absolute atomic E-state index is 13.4. The number of carbonyl (C=O) groups is 2. The maximum atomic E-state index is 13.4. The van der Waals surface area contributed by atoms with Gasteiger partial charge in [0.2, 0.25) is 5.91 Å². The number of hydrogen-bond donors (Lipinski definition) is 0. The number of ether oxygens (including phenoxy) is 1. The lowest BCUT2D eigenvalue weighted by Crippen LogP contribution is -2.46. The number of amides is 1. The smallest absolute Gasteiger partial charge is 0.308 e. The summed E-state index contributed by atoms with van der Waals surface area (Å²) in [6.45, 7) is 0.250. The maximum Gasteiger partial charge on any atom is 0.308 e. The monoisotopic (exact) mass is 484 g/mol. The van der Waals surface area contributed by atoms with Gasteiger partial charge in [-0.1, -0.05) is 41.4 Å². The zero-order valence-corrected chi connectivity index (χ0v) is 19.2. The summed E-state index contributed by atoms with van der Waals surface area (Å²) < 4.78 is 32.5. The molecule has 0 bridgehead atoms. The third kappa shape index (κ3) is 5.31. The fraction of sp³-hybridized carbons (Fsp3) is 0.333. The summed E-state index contributed by atoms with van der Waals surface area (Å²) in [5.74, 6) is -0.939. The molecule has 31 heavy (non-hydrogen) atoms. The van der Waals surface area contributed by atoms with Gasteiger partial charge in [-0.25, -0.2) is 8.42 Å². The summed E-state index contributed by atoms with van der Waals surface area (Å²) in [6, 6.07) is 12.2. The predicted octanol–water partition coefficient (Wildman–Crippen LogP) is 3.60. The van der Waals surface area contributed by atoms with Crippen LogP contribution in [0.3, 0.4) is 0 Å². The lowest BCUT2D eigenvalue weighted by molar-refractivity contribution is -0.148. The minimum absolute atomic E-state index is 0.0400. The summed E-state index contributed by atoms with van der Waals surface area (Å²) in [7, 11) is -2.73. The van der Waals surface area contributed by atoms with E-state index in [9.17, 15) is 18.0 Å². The van der Waals surface area contributed by atoms with Crippen LogP contribution in [0, 0.1) is 5.92 Å². The average Bonchev–Trinajstić information content (AvgIpc) is 2.78. The number of hydrogen-bond acceptors (Lipinski definition) is 5. The van der Waals surface area contributed by atoms with Gasteiger partial charge in [0.25, 0.3) is 10.0 Å². The molecule has 0 radical (unpaired) electrons. The molecule has 2 aromatic carbocycles. The van der Waals surface area contributed by atoms with Crippen LogP contribution in [0.1, 0.15) is 12.8 Å². The lowest BCUT2D eigenvalue weighted by Gasteiger charge is -2.33. The Labute approximate surface area is 191 Å². The van der Waals surface area contributed by atoms with Crippen LogP contribution in [0.5, 0.6) is 0 Å². The molecule has 1 aliphatic rings. The van der Waals surface area contributed by atoms with E-state index in [4.69, 9.17) is 27.9 Å². The van der Waals surface area contributed by atoms with Crippen molar-refractivity contribution in [2.24, 2.45) is 5.92 Å². The standard InChI is InChI=1S/C21H22Cl2N2O5S/c1-30-21(27)15-9-11-24(12-10-15)20(26)14-25(19-8-7-16(22)13-18(19)23)31(28,29)17-5-3-2-4-6-17/h2-8,13,15H,9-12,14H2,1H3. The molecule has 1 amide bonds. The highest BCUT2D eigenvalue weighted by molar-refractivity contribution is 7.92. The molecular formula is C21H22Cl2N2O5S. The first kappa shape index (κ1) is 23.4.